The van der Waals surface area contributed by atoms with Crippen molar-refractivity contribution in [2.45, 2.75) is 0 Å². The molecule has 0 radical (unpaired) electrons. The number of benzene rings is 1. The smallest absolute Gasteiger partial charge is 0.151 e. The van der Waals surface area contributed by atoms with Crippen LogP contribution in [0, 0.1) is 5.82 Å². The summed E-state index contributed by atoms with van der Waals surface area (Å²) < 4.78 is 13.4. The zero-order valence-electron chi connectivity index (χ0n) is 7.42. The predicted molar refractivity (Wildman–Crippen MR) is 60.1 cm³/mol. The molecule has 0 aliphatic rings. The average molecular weight is 288 g/mol. The minimum Gasteiger partial charge on any atom is -0.206 e. The molecule has 0 unspecified atom stereocenters. The summed E-state index contributed by atoms with van der Waals surface area (Å²) in [4.78, 5) is 0. The van der Waals surface area contributed by atoms with Gasteiger partial charge in [-0.3, -0.25) is 0 Å². The molecule has 2 rings (SSSR count). The number of hydrogen-bond donors (Lipinski definition) is 0. The van der Waals surface area contributed by atoms with Gasteiger partial charge in [0.25, 0.3) is 0 Å². The molecule has 15 heavy (non-hydrogen) atoms. The molecule has 1 aromatic heterocycles. The third kappa shape index (κ3) is 2.33. The van der Waals surface area contributed by atoms with Crippen molar-refractivity contribution in [3.8, 4) is 11.3 Å². The van der Waals surface area contributed by atoms with Crippen LogP contribution in [0.4, 0.5) is 4.39 Å². The van der Waals surface area contributed by atoms with E-state index in [9.17, 15) is 4.39 Å². The molecule has 0 aliphatic heterocycles. The van der Waals surface area contributed by atoms with E-state index in [0.717, 1.165) is 5.56 Å². The lowest BCUT2D eigenvalue weighted by Crippen LogP contribution is -1.88. The van der Waals surface area contributed by atoms with E-state index in [2.05, 4.69) is 26.1 Å². The number of rotatable bonds is 1. The largest absolute Gasteiger partial charge is 0.206 e. The molecule has 2 nitrogen and oxygen atoms in total. The van der Waals surface area contributed by atoms with Gasteiger partial charge in [0.2, 0.25) is 0 Å². The van der Waals surface area contributed by atoms with E-state index >= 15 is 0 Å². The van der Waals surface area contributed by atoms with Crippen LogP contribution in [-0.2, 0) is 0 Å². The van der Waals surface area contributed by atoms with Gasteiger partial charge in [0, 0.05) is 5.56 Å². The minimum atomic E-state index is -0.305. The minimum absolute atomic E-state index is 0.305. The van der Waals surface area contributed by atoms with Crippen molar-refractivity contribution in [1.29, 1.82) is 0 Å². The molecule has 76 valence electrons. The Hall–Kier alpha value is -1.00. The summed E-state index contributed by atoms with van der Waals surface area (Å²) in [5, 5.41) is 7.94. The Morgan fingerprint density at radius 1 is 1.13 bits per heavy atom. The maximum absolute atomic E-state index is 13.0. The highest BCUT2D eigenvalue weighted by molar-refractivity contribution is 9.10. The molecule has 0 bridgehead atoms. The van der Waals surface area contributed by atoms with Crippen LogP contribution in [0.5, 0.6) is 0 Å². The Bertz CT molecular complexity index is 487. The van der Waals surface area contributed by atoms with Crippen LogP contribution in [0.25, 0.3) is 11.3 Å². The molecule has 0 atom stereocenters. The molecular weight excluding hydrogens is 282 g/mol. The van der Waals surface area contributed by atoms with Crippen LogP contribution in [0.1, 0.15) is 0 Å². The number of aromatic nitrogens is 2. The third-order valence-corrected chi connectivity index (χ3v) is 2.66. The molecular formula is C10H5BrClFN2. The topological polar surface area (TPSA) is 25.8 Å². The summed E-state index contributed by atoms with van der Waals surface area (Å²) in [5.74, 6) is -0.305. The average Bonchev–Trinajstić information content (AvgIpc) is 2.23. The van der Waals surface area contributed by atoms with Crippen LogP contribution >= 0.6 is 27.5 Å². The Labute approximate surface area is 99.2 Å². The van der Waals surface area contributed by atoms with Crippen LogP contribution in [-0.4, -0.2) is 10.2 Å². The van der Waals surface area contributed by atoms with E-state index in [1.165, 1.54) is 6.07 Å². The van der Waals surface area contributed by atoms with Crippen molar-refractivity contribution in [2.24, 2.45) is 0 Å². The Morgan fingerprint density at radius 3 is 2.53 bits per heavy atom. The van der Waals surface area contributed by atoms with Crippen molar-refractivity contribution in [3.05, 3.63) is 45.8 Å². The van der Waals surface area contributed by atoms with Crippen molar-refractivity contribution >= 4 is 27.5 Å². The van der Waals surface area contributed by atoms with E-state index < -0.39 is 0 Å². The van der Waals surface area contributed by atoms with E-state index in [0.29, 0.717) is 15.3 Å². The van der Waals surface area contributed by atoms with Crippen LogP contribution in [0.3, 0.4) is 0 Å². The van der Waals surface area contributed by atoms with Crippen LogP contribution in [0.2, 0.25) is 5.15 Å². The van der Waals surface area contributed by atoms with Gasteiger partial charge in [-0.2, -0.15) is 0 Å². The van der Waals surface area contributed by atoms with Crippen molar-refractivity contribution in [2.75, 3.05) is 0 Å². The molecule has 0 aliphatic carbocycles. The van der Waals surface area contributed by atoms with Crippen LogP contribution in [0.15, 0.2) is 34.8 Å². The summed E-state index contributed by atoms with van der Waals surface area (Å²) in [6.07, 6.45) is 0. The first-order chi connectivity index (χ1) is 7.16. The first-order valence-corrected chi connectivity index (χ1v) is 5.28. The summed E-state index contributed by atoms with van der Waals surface area (Å²) in [6, 6.07) is 8.02. The molecule has 0 N–H and O–H groups in total. The fraction of sp³-hybridized carbons (Fsp3) is 0. The van der Waals surface area contributed by atoms with Gasteiger partial charge in [0.1, 0.15) is 5.82 Å². The van der Waals surface area contributed by atoms with E-state index in [4.69, 9.17) is 11.6 Å². The Balaban J connectivity index is 2.45. The zero-order chi connectivity index (χ0) is 10.8. The maximum atomic E-state index is 13.0. The highest BCUT2D eigenvalue weighted by Crippen LogP contribution is 2.23. The normalized spacial score (nSPS) is 10.3. The van der Waals surface area contributed by atoms with Crippen LogP contribution < -0.4 is 0 Å². The molecule has 5 heteroatoms. The Morgan fingerprint density at radius 2 is 1.93 bits per heavy atom. The lowest BCUT2D eigenvalue weighted by molar-refractivity contribution is 0.621. The summed E-state index contributed by atoms with van der Waals surface area (Å²) in [5.41, 5.74) is 1.44. The molecule has 0 amide bonds. The lowest BCUT2D eigenvalue weighted by atomic mass is 10.1. The number of hydrogen-bond acceptors (Lipinski definition) is 2. The molecule has 0 fully saturated rings. The molecule has 1 heterocycles. The van der Waals surface area contributed by atoms with Gasteiger partial charge in [-0.1, -0.05) is 11.6 Å². The van der Waals surface area contributed by atoms with Gasteiger partial charge >= 0.3 is 0 Å². The van der Waals surface area contributed by atoms with Gasteiger partial charge in [0.15, 0.2) is 5.15 Å². The fourth-order valence-corrected chi connectivity index (χ4v) is 1.60. The molecule has 2 aromatic rings. The molecule has 0 saturated carbocycles. The highest BCUT2D eigenvalue weighted by atomic mass is 79.9. The summed E-state index contributed by atoms with van der Waals surface area (Å²) in [7, 11) is 0. The first-order valence-electron chi connectivity index (χ1n) is 4.11. The first kappa shape index (κ1) is 10.5. The van der Waals surface area contributed by atoms with Gasteiger partial charge in [0.05, 0.1) is 10.2 Å². The number of halogens is 3. The second-order valence-corrected chi connectivity index (χ2v) is 4.11. The van der Waals surface area contributed by atoms with Gasteiger partial charge in [-0.25, -0.2) is 4.39 Å². The van der Waals surface area contributed by atoms with Crippen molar-refractivity contribution < 1.29 is 4.39 Å². The summed E-state index contributed by atoms with van der Waals surface area (Å²) >= 11 is 8.72. The standard InChI is InChI=1S/C10H5BrClFN2/c11-7-5-6(1-2-8(7)13)9-3-4-10(12)15-14-9/h1-5H. The predicted octanol–water partition coefficient (Wildman–Crippen LogP) is 3.70. The second-order valence-electron chi connectivity index (χ2n) is 2.87. The SMILES string of the molecule is Fc1ccc(-c2ccc(Cl)nn2)cc1Br. The lowest BCUT2D eigenvalue weighted by Gasteiger charge is -2.01. The van der Waals surface area contributed by atoms with Gasteiger partial charge in [-0.15, -0.1) is 10.2 Å². The quantitative estimate of drug-likeness (QED) is 0.799. The van der Waals surface area contributed by atoms with E-state index in [-0.39, 0.29) is 5.82 Å². The van der Waals surface area contributed by atoms with Gasteiger partial charge < -0.3 is 0 Å². The molecule has 0 saturated heterocycles. The van der Waals surface area contributed by atoms with Crippen molar-refractivity contribution in [3.63, 3.8) is 0 Å². The molecule has 0 spiro atoms. The fourth-order valence-electron chi connectivity index (χ4n) is 1.13. The Kier molecular flexibility index (Phi) is 2.98. The van der Waals surface area contributed by atoms with E-state index in [1.54, 1.807) is 24.3 Å². The van der Waals surface area contributed by atoms with Gasteiger partial charge in [-0.05, 0) is 46.3 Å². The number of nitrogens with zero attached hydrogens (tertiary/aromatic N) is 2. The summed E-state index contributed by atoms with van der Waals surface area (Å²) in [6.45, 7) is 0. The monoisotopic (exact) mass is 286 g/mol. The maximum Gasteiger partial charge on any atom is 0.151 e. The third-order valence-electron chi connectivity index (χ3n) is 1.85. The van der Waals surface area contributed by atoms with E-state index in [1.807, 2.05) is 0 Å². The molecule has 1 aromatic carbocycles. The zero-order valence-corrected chi connectivity index (χ0v) is 9.76. The highest BCUT2D eigenvalue weighted by Gasteiger charge is 2.04. The van der Waals surface area contributed by atoms with Crippen molar-refractivity contribution in [1.82, 2.24) is 10.2 Å². The second kappa shape index (κ2) is 4.24.